The van der Waals surface area contributed by atoms with Crippen LogP contribution < -0.4 is 0 Å². The molecule has 0 aliphatic carbocycles. The van der Waals surface area contributed by atoms with Gasteiger partial charge >= 0.3 is 7.82 Å². The Morgan fingerprint density at radius 3 is 1.89 bits per heavy atom. The molecule has 9 heteroatoms. The number of phosphoric acid groups is 1. The molecular weight excluding hydrogens is 503 g/mol. The van der Waals surface area contributed by atoms with Crippen LogP contribution in [0.4, 0.5) is 0 Å². The molecule has 2 heterocycles. The standard InChI is InChI=1S/C29H58N2O6P/c1-6-7-8-16-21-29(30(32)28(2,3)26-35-29)22-17-14-12-10-9-11-13-15-18-25-36-38(33,34)37-27-19-23-31(4,5)24-20-27/h27H,6-26H2,1-5H3/p+1. The molecule has 2 saturated heterocycles. The molecule has 1 radical (unpaired) electrons. The normalized spacial score (nSPS) is 25.6. The quantitative estimate of drug-likeness (QED) is 0.0946. The Kier molecular flexibility index (Phi) is 14.7. The number of unbranched alkanes of at least 4 members (excludes halogenated alkanes) is 11. The summed E-state index contributed by atoms with van der Waals surface area (Å²) in [5.74, 6) is 0. The minimum absolute atomic E-state index is 0.176. The van der Waals surface area contributed by atoms with Crippen LogP contribution in [0.3, 0.4) is 0 Å². The monoisotopic (exact) mass is 562 g/mol. The average Bonchev–Trinajstić information content (AvgIpc) is 3.08. The van der Waals surface area contributed by atoms with Crippen LogP contribution in [0.5, 0.6) is 0 Å². The summed E-state index contributed by atoms with van der Waals surface area (Å²) in [6, 6.07) is 0. The molecule has 2 aliphatic heterocycles. The van der Waals surface area contributed by atoms with E-state index in [9.17, 15) is 14.7 Å². The van der Waals surface area contributed by atoms with E-state index in [1.807, 2.05) is 13.8 Å². The molecule has 2 fully saturated rings. The number of rotatable bonds is 20. The zero-order valence-electron chi connectivity index (χ0n) is 25.3. The highest BCUT2D eigenvalue weighted by Gasteiger charge is 2.51. The van der Waals surface area contributed by atoms with Crippen molar-refractivity contribution < 1.29 is 32.9 Å². The molecule has 38 heavy (non-hydrogen) atoms. The first-order valence-corrected chi connectivity index (χ1v) is 17.0. The van der Waals surface area contributed by atoms with Gasteiger partial charge in [-0.3, -0.25) is 9.05 Å². The Hall–Kier alpha value is -0.0500. The Morgan fingerprint density at radius 2 is 1.39 bits per heavy atom. The van der Waals surface area contributed by atoms with Gasteiger partial charge in [-0.25, -0.2) is 4.57 Å². The third kappa shape index (κ3) is 12.2. The Labute approximate surface area is 233 Å². The molecule has 2 atom stereocenters. The largest absolute Gasteiger partial charge is 0.472 e. The van der Waals surface area contributed by atoms with Crippen molar-refractivity contribution in [1.29, 1.82) is 0 Å². The minimum Gasteiger partial charge on any atom is -0.356 e. The molecule has 0 saturated carbocycles. The molecule has 225 valence electrons. The molecule has 0 aromatic carbocycles. The maximum atomic E-state index is 13.0. The molecule has 2 rings (SSSR count). The van der Waals surface area contributed by atoms with E-state index >= 15 is 0 Å². The van der Waals surface area contributed by atoms with E-state index in [1.165, 1.54) is 50.0 Å². The molecule has 0 amide bonds. The number of piperidine rings is 1. The van der Waals surface area contributed by atoms with Gasteiger partial charge in [0.05, 0.1) is 52.0 Å². The first-order valence-electron chi connectivity index (χ1n) is 15.5. The molecule has 2 unspecified atom stereocenters. The van der Waals surface area contributed by atoms with Crippen molar-refractivity contribution in [2.75, 3.05) is 40.4 Å². The lowest BCUT2D eigenvalue weighted by Gasteiger charge is -2.37. The van der Waals surface area contributed by atoms with Crippen LogP contribution in [0, 0.1) is 0 Å². The molecule has 0 spiro atoms. The average molecular weight is 563 g/mol. The maximum absolute atomic E-state index is 13.0. The van der Waals surface area contributed by atoms with Crippen molar-refractivity contribution in [2.24, 2.45) is 0 Å². The van der Waals surface area contributed by atoms with Gasteiger partial charge in [-0.05, 0) is 46.0 Å². The van der Waals surface area contributed by atoms with Crippen molar-refractivity contribution in [1.82, 2.24) is 5.06 Å². The summed E-state index contributed by atoms with van der Waals surface area (Å²) in [6.45, 7) is 8.91. The molecule has 0 bridgehead atoms. The van der Waals surface area contributed by atoms with Crippen LogP contribution in [0.1, 0.15) is 130 Å². The summed E-state index contributed by atoms with van der Waals surface area (Å²) in [5, 5.41) is 14.3. The van der Waals surface area contributed by atoms with Gasteiger partial charge in [0, 0.05) is 12.8 Å². The Balaban J connectivity index is 1.48. The highest BCUT2D eigenvalue weighted by Crippen LogP contribution is 2.46. The Bertz CT molecular complexity index is 697. The van der Waals surface area contributed by atoms with E-state index < -0.39 is 19.1 Å². The van der Waals surface area contributed by atoms with Gasteiger partial charge < -0.3 is 14.1 Å². The molecule has 0 aromatic heterocycles. The van der Waals surface area contributed by atoms with Crippen molar-refractivity contribution in [2.45, 2.75) is 147 Å². The lowest BCUT2D eigenvalue weighted by molar-refractivity contribution is -0.896. The topological polar surface area (TPSA) is 88.1 Å². The zero-order valence-corrected chi connectivity index (χ0v) is 26.2. The maximum Gasteiger partial charge on any atom is 0.472 e. The number of quaternary nitrogens is 1. The van der Waals surface area contributed by atoms with Crippen LogP contribution in [0.25, 0.3) is 0 Å². The van der Waals surface area contributed by atoms with Gasteiger partial charge in [-0.15, -0.1) is 10.3 Å². The molecule has 8 nitrogen and oxygen atoms in total. The third-order valence-electron chi connectivity index (χ3n) is 8.40. The SMILES string of the molecule is CCCCCCC1(CCCCCCCCCCCOP(=O)(O)OC2CC[N+](C)(C)CC2)OCC(C)(C)N1[O]. The van der Waals surface area contributed by atoms with Gasteiger partial charge in [-0.1, -0.05) is 71.1 Å². The number of hydrogen-bond donors (Lipinski definition) is 1. The summed E-state index contributed by atoms with van der Waals surface area (Å²) in [4.78, 5) is 10.0. The van der Waals surface area contributed by atoms with E-state index in [1.54, 1.807) is 0 Å². The van der Waals surface area contributed by atoms with Crippen LogP contribution in [0.15, 0.2) is 0 Å². The highest BCUT2D eigenvalue weighted by atomic mass is 31.2. The predicted octanol–water partition coefficient (Wildman–Crippen LogP) is 7.38. The smallest absolute Gasteiger partial charge is 0.356 e. The second kappa shape index (κ2) is 16.4. The first-order chi connectivity index (χ1) is 17.9. The number of phosphoric ester groups is 1. The van der Waals surface area contributed by atoms with Crippen molar-refractivity contribution in [3.8, 4) is 0 Å². The molecule has 1 N–H and O–H groups in total. The molecule has 2 aliphatic rings. The summed E-state index contributed by atoms with van der Waals surface area (Å²) < 4.78 is 29.9. The number of ether oxygens (including phenoxy) is 1. The lowest BCUT2D eigenvalue weighted by Crippen LogP contribution is -2.49. The Morgan fingerprint density at radius 1 is 0.895 bits per heavy atom. The fourth-order valence-electron chi connectivity index (χ4n) is 5.77. The predicted molar refractivity (Wildman–Crippen MR) is 152 cm³/mol. The first kappa shape index (κ1) is 34.2. The summed E-state index contributed by atoms with van der Waals surface area (Å²) in [6.07, 6.45) is 17.6. The number of hydrogen-bond acceptors (Lipinski definition) is 5. The van der Waals surface area contributed by atoms with E-state index in [0.717, 1.165) is 81.8 Å². The van der Waals surface area contributed by atoms with Gasteiger partial charge in [0.15, 0.2) is 0 Å². The number of nitrogens with zero attached hydrogens (tertiary/aromatic N) is 2. The van der Waals surface area contributed by atoms with Crippen molar-refractivity contribution >= 4 is 7.82 Å². The van der Waals surface area contributed by atoms with Crippen LogP contribution in [-0.2, 0) is 23.6 Å². The summed E-state index contributed by atoms with van der Waals surface area (Å²) in [7, 11) is 0.393. The van der Waals surface area contributed by atoms with Gasteiger partial charge in [0.25, 0.3) is 0 Å². The fourth-order valence-corrected chi connectivity index (χ4v) is 6.78. The zero-order chi connectivity index (χ0) is 28.1. The number of hydroxylamine groups is 2. The van der Waals surface area contributed by atoms with Crippen molar-refractivity contribution in [3.63, 3.8) is 0 Å². The second-order valence-corrected chi connectivity index (χ2v) is 14.5. The highest BCUT2D eigenvalue weighted by molar-refractivity contribution is 7.47. The van der Waals surface area contributed by atoms with Crippen molar-refractivity contribution in [3.05, 3.63) is 0 Å². The van der Waals surface area contributed by atoms with E-state index in [2.05, 4.69) is 21.0 Å². The molecular formula is C29H59N2O6P+. The van der Waals surface area contributed by atoms with Crippen LogP contribution >= 0.6 is 7.82 Å². The lowest BCUT2D eigenvalue weighted by atomic mass is 9.95. The van der Waals surface area contributed by atoms with Gasteiger partial charge in [0.2, 0.25) is 0 Å². The van der Waals surface area contributed by atoms with E-state index in [0.29, 0.717) is 6.61 Å². The fraction of sp³-hybridized carbons (Fsp3) is 1.00. The van der Waals surface area contributed by atoms with Gasteiger partial charge in [0.1, 0.15) is 5.72 Å². The van der Waals surface area contributed by atoms with Crippen LogP contribution in [-0.4, -0.2) is 72.2 Å². The summed E-state index contributed by atoms with van der Waals surface area (Å²) in [5.41, 5.74) is -1.04. The second-order valence-electron chi connectivity index (χ2n) is 13.1. The minimum atomic E-state index is -3.95. The van der Waals surface area contributed by atoms with Gasteiger partial charge in [-0.2, -0.15) is 0 Å². The van der Waals surface area contributed by atoms with Crippen LogP contribution in [0.2, 0.25) is 0 Å². The molecule has 0 aromatic rings. The third-order valence-corrected chi connectivity index (χ3v) is 9.47. The number of likely N-dealkylation sites (tertiary alicyclic amines) is 1. The van der Waals surface area contributed by atoms with E-state index in [4.69, 9.17) is 13.8 Å². The summed E-state index contributed by atoms with van der Waals surface area (Å²) >= 11 is 0. The van der Waals surface area contributed by atoms with E-state index in [-0.39, 0.29) is 12.7 Å².